The van der Waals surface area contributed by atoms with Crippen molar-refractivity contribution in [3.8, 4) is 5.75 Å². The Morgan fingerprint density at radius 2 is 1.90 bits per heavy atom. The van der Waals surface area contributed by atoms with Crippen LogP contribution in [0.4, 0.5) is 11.4 Å². The van der Waals surface area contributed by atoms with Gasteiger partial charge in [0.05, 0.1) is 19.0 Å². The minimum atomic E-state index is 0.644. The number of anilines is 2. The summed E-state index contributed by atoms with van der Waals surface area (Å²) in [5.41, 5.74) is 2.66. The Kier molecular flexibility index (Phi) is 3.16. The third-order valence-corrected chi connectivity index (χ3v) is 3.22. The molecule has 5 heteroatoms. The molecule has 0 saturated heterocycles. The standard InChI is InChI=1S/C15H14N4O/c1-19(11-5-7-12(20-2)8-6-11)14-10-17-18-15-13(14)4-3-9-16-15/h3-10H,1-2H3. The van der Waals surface area contributed by atoms with E-state index in [4.69, 9.17) is 4.74 Å². The summed E-state index contributed by atoms with van der Waals surface area (Å²) in [4.78, 5) is 6.28. The lowest BCUT2D eigenvalue weighted by atomic mass is 10.2. The number of nitrogens with zero attached hydrogens (tertiary/aromatic N) is 4. The van der Waals surface area contributed by atoms with Crippen LogP contribution in [0.1, 0.15) is 0 Å². The fraction of sp³-hybridized carbons (Fsp3) is 0.133. The number of rotatable bonds is 3. The summed E-state index contributed by atoms with van der Waals surface area (Å²) in [5.74, 6) is 0.835. The third kappa shape index (κ3) is 2.14. The predicted molar refractivity (Wildman–Crippen MR) is 78.4 cm³/mol. The number of methoxy groups -OCH3 is 1. The van der Waals surface area contributed by atoms with Crippen molar-refractivity contribution in [1.82, 2.24) is 15.2 Å². The predicted octanol–water partition coefficient (Wildman–Crippen LogP) is 2.80. The van der Waals surface area contributed by atoms with Gasteiger partial charge in [-0.3, -0.25) is 0 Å². The number of hydrogen-bond acceptors (Lipinski definition) is 5. The van der Waals surface area contributed by atoms with Gasteiger partial charge in [-0.2, -0.15) is 5.10 Å². The molecule has 5 nitrogen and oxygen atoms in total. The van der Waals surface area contributed by atoms with Crippen LogP contribution in [0.15, 0.2) is 48.8 Å². The summed E-state index contributed by atoms with van der Waals surface area (Å²) < 4.78 is 5.17. The van der Waals surface area contributed by atoms with Gasteiger partial charge in [0.25, 0.3) is 0 Å². The van der Waals surface area contributed by atoms with E-state index < -0.39 is 0 Å². The summed E-state index contributed by atoms with van der Waals surface area (Å²) in [7, 11) is 3.65. The molecule has 3 rings (SSSR count). The maximum absolute atomic E-state index is 5.17. The van der Waals surface area contributed by atoms with Crippen LogP contribution in [-0.2, 0) is 0 Å². The van der Waals surface area contributed by atoms with Crippen LogP contribution in [0.2, 0.25) is 0 Å². The van der Waals surface area contributed by atoms with Gasteiger partial charge < -0.3 is 9.64 Å². The average Bonchev–Trinajstić information content (AvgIpc) is 2.54. The highest BCUT2D eigenvalue weighted by molar-refractivity contribution is 5.90. The van der Waals surface area contributed by atoms with Crippen LogP contribution in [-0.4, -0.2) is 29.3 Å². The van der Waals surface area contributed by atoms with Crippen LogP contribution in [0, 0.1) is 0 Å². The molecule has 100 valence electrons. The minimum absolute atomic E-state index is 0.644. The second kappa shape index (κ2) is 5.13. The van der Waals surface area contributed by atoms with E-state index in [0.717, 1.165) is 22.5 Å². The molecule has 0 bridgehead atoms. The molecule has 1 aromatic carbocycles. The van der Waals surface area contributed by atoms with Gasteiger partial charge in [0.1, 0.15) is 5.75 Å². The molecular formula is C15H14N4O. The van der Waals surface area contributed by atoms with Crippen LogP contribution in [0.3, 0.4) is 0 Å². The summed E-state index contributed by atoms with van der Waals surface area (Å²) in [5, 5.41) is 9.02. The van der Waals surface area contributed by atoms with Crippen molar-refractivity contribution in [3.63, 3.8) is 0 Å². The molecule has 0 amide bonds. The van der Waals surface area contributed by atoms with Crippen molar-refractivity contribution in [2.45, 2.75) is 0 Å². The van der Waals surface area contributed by atoms with Crippen molar-refractivity contribution >= 4 is 22.4 Å². The zero-order valence-corrected chi connectivity index (χ0v) is 11.3. The number of benzene rings is 1. The molecule has 2 heterocycles. The molecule has 0 aliphatic rings. The van der Waals surface area contributed by atoms with E-state index in [0.29, 0.717) is 5.65 Å². The van der Waals surface area contributed by atoms with Crippen LogP contribution < -0.4 is 9.64 Å². The number of fused-ring (bicyclic) bond motifs is 1. The Labute approximate surface area is 116 Å². The lowest BCUT2D eigenvalue weighted by Gasteiger charge is -2.20. The number of ether oxygens (including phenoxy) is 1. The lowest BCUT2D eigenvalue weighted by molar-refractivity contribution is 0.415. The summed E-state index contributed by atoms with van der Waals surface area (Å²) >= 11 is 0. The topological polar surface area (TPSA) is 51.1 Å². The lowest BCUT2D eigenvalue weighted by Crippen LogP contribution is -2.10. The molecule has 0 unspecified atom stereocenters. The largest absolute Gasteiger partial charge is 0.497 e. The van der Waals surface area contributed by atoms with Gasteiger partial charge in [-0.25, -0.2) is 4.98 Å². The minimum Gasteiger partial charge on any atom is -0.497 e. The monoisotopic (exact) mass is 266 g/mol. The summed E-state index contributed by atoms with van der Waals surface area (Å²) in [6.45, 7) is 0. The van der Waals surface area contributed by atoms with Crippen molar-refractivity contribution < 1.29 is 4.74 Å². The van der Waals surface area contributed by atoms with E-state index in [1.54, 1.807) is 19.5 Å². The highest BCUT2D eigenvalue weighted by Crippen LogP contribution is 2.29. The molecule has 0 saturated carbocycles. The molecule has 0 atom stereocenters. The van der Waals surface area contributed by atoms with Gasteiger partial charge in [-0.05, 0) is 36.4 Å². The van der Waals surface area contributed by atoms with Gasteiger partial charge in [0, 0.05) is 24.3 Å². The zero-order valence-electron chi connectivity index (χ0n) is 11.3. The molecule has 2 aromatic heterocycles. The van der Waals surface area contributed by atoms with Crippen molar-refractivity contribution in [1.29, 1.82) is 0 Å². The van der Waals surface area contributed by atoms with E-state index in [9.17, 15) is 0 Å². The van der Waals surface area contributed by atoms with Crippen LogP contribution >= 0.6 is 0 Å². The maximum atomic E-state index is 5.17. The number of pyridine rings is 1. The van der Waals surface area contributed by atoms with Gasteiger partial charge >= 0.3 is 0 Å². The molecular weight excluding hydrogens is 252 g/mol. The first-order chi connectivity index (χ1) is 9.79. The first-order valence-corrected chi connectivity index (χ1v) is 6.24. The van der Waals surface area contributed by atoms with Crippen molar-refractivity contribution in [2.75, 3.05) is 19.1 Å². The zero-order chi connectivity index (χ0) is 13.9. The van der Waals surface area contributed by atoms with E-state index in [-0.39, 0.29) is 0 Å². The number of aromatic nitrogens is 3. The van der Waals surface area contributed by atoms with E-state index in [1.807, 2.05) is 43.4 Å². The smallest absolute Gasteiger partial charge is 0.183 e. The van der Waals surface area contributed by atoms with E-state index in [1.165, 1.54) is 0 Å². The molecule has 0 radical (unpaired) electrons. The second-order valence-corrected chi connectivity index (χ2v) is 4.36. The fourth-order valence-electron chi connectivity index (χ4n) is 2.10. The summed E-state index contributed by atoms with van der Waals surface area (Å²) in [6.07, 6.45) is 3.46. The Balaban J connectivity index is 2.05. The molecule has 0 spiro atoms. The molecule has 3 aromatic rings. The third-order valence-electron chi connectivity index (χ3n) is 3.22. The van der Waals surface area contributed by atoms with E-state index >= 15 is 0 Å². The van der Waals surface area contributed by atoms with Gasteiger partial charge in [0.15, 0.2) is 5.65 Å². The Bertz CT molecular complexity index is 722. The first-order valence-electron chi connectivity index (χ1n) is 6.24. The Morgan fingerprint density at radius 3 is 2.65 bits per heavy atom. The highest BCUT2D eigenvalue weighted by Gasteiger charge is 2.10. The number of hydrogen-bond donors (Lipinski definition) is 0. The second-order valence-electron chi connectivity index (χ2n) is 4.36. The molecule has 20 heavy (non-hydrogen) atoms. The first kappa shape index (κ1) is 12.3. The Hall–Kier alpha value is -2.69. The SMILES string of the molecule is COc1ccc(N(C)c2cnnc3ncccc23)cc1. The average molecular weight is 266 g/mol. The molecule has 0 N–H and O–H groups in total. The normalized spacial score (nSPS) is 10.5. The van der Waals surface area contributed by atoms with Crippen LogP contribution in [0.25, 0.3) is 11.0 Å². The van der Waals surface area contributed by atoms with E-state index in [2.05, 4.69) is 20.1 Å². The summed E-state index contributed by atoms with van der Waals surface area (Å²) in [6, 6.07) is 11.8. The molecule has 0 fully saturated rings. The highest BCUT2D eigenvalue weighted by atomic mass is 16.5. The molecule has 0 aliphatic heterocycles. The van der Waals surface area contributed by atoms with Crippen LogP contribution in [0.5, 0.6) is 5.75 Å². The van der Waals surface area contributed by atoms with Crippen molar-refractivity contribution in [2.24, 2.45) is 0 Å². The molecule has 0 aliphatic carbocycles. The van der Waals surface area contributed by atoms with Gasteiger partial charge in [-0.15, -0.1) is 5.10 Å². The van der Waals surface area contributed by atoms with Crippen molar-refractivity contribution in [3.05, 3.63) is 48.8 Å². The quantitative estimate of drug-likeness (QED) is 0.729. The van der Waals surface area contributed by atoms with Gasteiger partial charge in [0.2, 0.25) is 0 Å². The Morgan fingerprint density at radius 1 is 1.10 bits per heavy atom. The fourth-order valence-corrected chi connectivity index (χ4v) is 2.10. The maximum Gasteiger partial charge on any atom is 0.183 e. The van der Waals surface area contributed by atoms with Gasteiger partial charge in [-0.1, -0.05) is 0 Å².